The Kier molecular flexibility index (Phi) is 6.17. The van der Waals surface area contributed by atoms with Crippen molar-refractivity contribution in [2.45, 2.75) is 19.4 Å². The second kappa shape index (κ2) is 9.76. The van der Waals surface area contributed by atoms with Crippen molar-refractivity contribution in [1.82, 2.24) is 29.6 Å². The molecule has 6 nitrogen and oxygen atoms in total. The lowest BCUT2D eigenvalue weighted by Gasteiger charge is -2.13. The quantitative estimate of drug-likeness (QED) is 0.282. The Morgan fingerprint density at radius 2 is 1.75 bits per heavy atom. The van der Waals surface area contributed by atoms with E-state index in [9.17, 15) is 4.39 Å². The first-order valence-corrected chi connectivity index (χ1v) is 12.4. The molecule has 8 heteroatoms. The van der Waals surface area contributed by atoms with Gasteiger partial charge in [-0.2, -0.15) is 5.10 Å². The molecule has 1 fully saturated rings. The van der Waals surface area contributed by atoms with Gasteiger partial charge in [0.2, 0.25) is 0 Å². The van der Waals surface area contributed by atoms with Gasteiger partial charge < -0.3 is 4.90 Å². The van der Waals surface area contributed by atoms with Crippen LogP contribution in [0.3, 0.4) is 0 Å². The number of fused-ring (bicyclic) bond motifs is 1. The predicted octanol–water partition coefficient (Wildman–Crippen LogP) is 6.11. The zero-order chi connectivity index (χ0) is 24.5. The molecule has 0 saturated carbocycles. The van der Waals surface area contributed by atoms with Crippen LogP contribution < -0.4 is 0 Å². The fraction of sp³-hybridized carbons (Fsp3) is 0.214. The van der Waals surface area contributed by atoms with Gasteiger partial charge in [0, 0.05) is 64.0 Å². The molecule has 0 atom stereocenters. The summed E-state index contributed by atoms with van der Waals surface area (Å²) in [7, 11) is 0. The van der Waals surface area contributed by atoms with Gasteiger partial charge in [0.15, 0.2) is 5.65 Å². The number of hydrogen-bond acceptors (Lipinski definition) is 5. The third-order valence-electron chi connectivity index (χ3n) is 6.65. The number of nitrogens with zero attached hydrogens (tertiary/aromatic N) is 6. The number of rotatable bonds is 6. The van der Waals surface area contributed by atoms with E-state index in [1.54, 1.807) is 18.5 Å². The van der Waals surface area contributed by atoms with Gasteiger partial charge in [0.25, 0.3) is 0 Å². The number of aromatic nitrogens is 5. The summed E-state index contributed by atoms with van der Waals surface area (Å²) >= 11 is 6.16. The minimum Gasteiger partial charge on any atom is -0.301 e. The summed E-state index contributed by atoms with van der Waals surface area (Å²) in [6, 6.07) is 12.3. The maximum atomic E-state index is 14.7. The number of hydrogen-bond donors (Lipinski definition) is 0. The van der Waals surface area contributed by atoms with Gasteiger partial charge in [-0.3, -0.25) is 9.67 Å². The summed E-state index contributed by atoms with van der Waals surface area (Å²) in [4.78, 5) is 16.1. The van der Waals surface area contributed by atoms with E-state index in [1.165, 1.54) is 38.1 Å². The van der Waals surface area contributed by atoms with E-state index in [2.05, 4.69) is 37.2 Å². The molecule has 0 bridgehead atoms. The summed E-state index contributed by atoms with van der Waals surface area (Å²) in [5.41, 5.74) is 5.06. The zero-order valence-electron chi connectivity index (χ0n) is 19.6. The maximum absolute atomic E-state index is 14.7. The Labute approximate surface area is 213 Å². The minimum absolute atomic E-state index is 0.333. The van der Waals surface area contributed by atoms with Crippen molar-refractivity contribution in [3.63, 3.8) is 0 Å². The molecule has 6 rings (SSSR count). The Morgan fingerprint density at radius 3 is 2.64 bits per heavy atom. The molecule has 1 aliphatic heterocycles. The van der Waals surface area contributed by atoms with Gasteiger partial charge in [0.1, 0.15) is 5.82 Å². The van der Waals surface area contributed by atoms with Crippen LogP contribution in [0.5, 0.6) is 0 Å². The average Bonchev–Trinajstić information content (AvgIpc) is 3.61. The van der Waals surface area contributed by atoms with Crippen molar-refractivity contribution in [3.05, 3.63) is 84.3 Å². The van der Waals surface area contributed by atoms with E-state index in [-0.39, 0.29) is 5.82 Å². The Bertz CT molecular complexity index is 1540. The first-order valence-electron chi connectivity index (χ1n) is 12.1. The van der Waals surface area contributed by atoms with Crippen LogP contribution >= 0.6 is 11.6 Å². The van der Waals surface area contributed by atoms with E-state index < -0.39 is 0 Å². The maximum Gasteiger partial charge on any atom is 0.160 e. The van der Waals surface area contributed by atoms with Gasteiger partial charge in [-0.25, -0.2) is 14.4 Å². The van der Waals surface area contributed by atoms with Crippen molar-refractivity contribution in [1.29, 1.82) is 0 Å². The molecule has 0 spiro atoms. The molecule has 4 aromatic heterocycles. The number of benzene rings is 1. The van der Waals surface area contributed by atoms with Crippen LogP contribution in [0.1, 0.15) is 12.8 Å². The van der Waals surface area contributed by atoms with Crippen molar-refractivity contribution >= 4 is 22.6 Å². The van der Waals surface area contributed by atoms with Gasteiger partial charge >= 0.3 is 0 Å². The molecule has 0 unspecified atom stereocenters. The highest BCUT2D eigenvalue weighted by molar-refractivity contribution is 6.30. The summed E-state index contributed by atoms with van der Waals surface area (Å²) in [5.74, 6) is -0.388. The van der Waals surface area contributed by atoms with E-state index in [1.807, 2.05) is 35.3 Å². The Morgan fingerprint density at radius 1 is 0.889 bits per heavy atom. The summed E-state index contributed by atoms with van der Waals surface area (Å²) < 4.78 is 16.7. The van der Waals surface area contributed by atoms with E-state index in [0.29, 0.717) is 21.9 Å². The Hall–Kier alpha value is -3.68. The van der Waals surface area contributed by atoms with E-state index in [4.69, 9.17) is 11.6 Å². The fourth-order valence-electron chi connectivity index (χ4n) is 4.76. The second-order valence-electron chi connectivity index (χ2n) is 9.06. The van der Waals surface area contributed by atoms with Gasteiger partial charge in [-0.1, -0.05) is 11.6 Å². The molecule has 0 radical (unpaired) electrons. The summed E-state index contributed by atoms with van der Waals surface area (Å²) in [6.45, 7) is 4.23. The molecule has 5 aromatic rings. The summed E-state index contributed by atoms with van der Waals surface area (Å²) in [5, 5.41) is 5.88. The molecular weight excluding hydrogens is 475 g/mol. The number of likely N-dealkylation sites (tertiary alicyclic amines) is 1. The highest BCUT2D eigenvalue weighted by atomic mass is 35.5. The summed E-state index contributed by atoms with van der Waals surface area (Å²) in [6.07, 6.45) is 11.8. The lowest BCUT2D eigenvalue weighted by Crippen LogP contribution is -2.24. The standard InChI is InChI=1S/C28H24ClFN6/c29-22-5-6-26(30)25(13-22)27-14-24(23-4-3-7-32-28(23)34-27)20-12-19(15-31-16-20)21-17-33-36(18-21)11-10-35-8-1-2-9-35/h3-7,12-18H,1-2,8-11H2. The second-order valence-corrected chi connectivity index (χ2v) is 9.49. The first kappa shape index (κ1) is 22.8. The molecule has 1 saturated heterocycles. The van der Waals surface area contributed by atoms with Crippen LogP contribution in [0.25, 0.3) is 44.5 Å². The smallest absolute Gasteiger partial charge is 0.160 e. The predicted molar refractivity (Wildman–Crippen MR) is 140 cm³/mol. The van der Waals surface area contributed by atoms with Gasteiger partial charge in [-0.15, -0.1) is 0 Å². The topological polar surface area (TPSA) is 59.7 Å². The fourth-order valence-corrected chi connectivity index (χ4v) is 4.93. The van der Waals surface area contributed by atoms with Gasteiger partial charge in [0.05, 0.1) is 18.4 Å². The highest BCUT2D eigenvalue weighted by Crippen LogP contribution is 2.34. The minimum atomic E-state index is -0.388. The molecule has 1 aromatic carbocycles. The van der Waals surface area contributed by atoms with Crippen molar-refractivity contribution in [2.24, 2.45) is 0 Å². The molecule has 36 heavy (non-hydrogen) atoms. The van der Waals surface area contributed by atoms with Crippen LogP contribution in [0.15, 0.2) is 73.4 Å². The van der Waals surface area contributed by atoms with Crippen LogP contribution in [-0.2, 0) is 6.54 Å². The SMILES string of the molecule is Fc1ccc(Cl)cc1-c1cc(-c2cncc(-c3cnn(CCN4CCCC4)c3)c2)c2cccnc2n1. The molecule has 5 heterocycles. The van der Waals surface area contributed by atoms with Crippen LogP contribution in [0.2, 0.25) is 5.02 Å². The van der Waals surface area contributed by atoms with Crippen LogP contribution in [-0.4, -0.2) is 49.3 Å². The first-order chi connectivity index (χ1) is 17.6. The normalized spacial score (nSPS) is 14.1. The van der Waals surface area contributed by atoms with Crippen molar-refractivity contribution in [3.8, 4) is 33.5 Å². The average molecular weight is 499 g/mol. The lowest BCUT2D eigenvalue weighted by molar-refractivity contribution is 0.316. The highest BCUT2D eigenvalue weighted by Gasteiger charge is 2.15. The molecule has 1 aliphatic rings. The molecule has 0 aliphatic carbocycles. The monoisotopic (exact) mass is 498 g/mol. The number of halogens is 2. The Balaban J connectivity index is 1.37. The zero-order valence-corrected chi connectivity index (χ0v) is 20.4. The lowest BCUT2D eigenvalue weighted by atomic mass is 9.99. The molecule has 0 amide bonds. The van der Waals surface area contributed by atoms with Gasteiger partial charge in [-0.05, 0) is 74.0 Å². The molecular formula is C28H24ClFN6. The molecule has 180 valence electrons. The van der Waals surface area contributed by atoms with Crippen LogP contribution in [0.4, 0.5) is 4.39 Å². The van der Waals surface area contributed by atoms with E-state index in [0.717, 1.165) is 40.7 Å². The third-order valence-corrected chi connectivity index (χ3v) is 6.88. The molecule has 0 N–H and O–H groups in total. The van der Waals surface area contributed by atoms with Crippen molar-refractivity contribution < 1.29 is 4.39 Å². The number of pyridine rings is 3. The van der Waals surface area contributed by atoms with Crippen LogP contribution in [0, 0.1) is 5.82 Å². The van der Waals surface area contributed by atoms with Crippen molar-refractivity contribution in [2.75, 3.05) is 19.6 Å². The van der Waals surface area contributed by atoms with E-state index >= 15 is 0 Å². The largest absolute Gasteiger partial charge is 0.301 e. The third kappa shape index (κ3) is 4.59.